The standard InChI is InChI=1S/C22H24F2N2O6S/c1-14(2)11-21(28)26-16-5-3-15(4-6-16)20(27)13-32-22(29)9-10-25-33(30,31)17-7-8-18(23)19(24)12-17/h3-8,12,14,25H,9-11,13H2,1-2H3,(H,26,28). The highest BCUT2D eigenvalue weighted by atomic mass is 32.2. The molecule has 2 aromatic rings. The Balaban J connectivity index is 1.78. The van der Waals surface area contributed by atoms with Crippen molar-refractivity contribution >= 4 is 33.4 Å². The second-order valence-corrected chi connectivity index (χ2v) is 9.30. The molecule has 0 fully saturated rings. The van der Waals surface area contributed by atoms with Crippen molar-refractivity contribution in [3.63, 3.8) is 0 Å². The van der Waals surface area contributed by atoms with Gasteiger partial charge in [-0.2, -0.15) is 0 Å². The van der Waals surface area contributed by atoms with Gasteiger partial charge in [-0.3, -0.25) is 14.4 Å². The maximum Gasteiger partial charge on any atom is 0.307 e. The van der Waals surface area contributed by atoms with Gasteiger partial charge in [0, 0.05) is 24.2 Å². The molecule has 0 radical (unpaired) electrons. The number of anilines is 1. The lowest BCUT2D eigenvalue weighted by atomic mass is 10.1. The minimum absolute atomic E-state index is 0.141. The molecule has 2 aromatic carbocycles. The topological polar surface area (TPSA) is 119 Å². The number of nitrogens with one attached hydrogen (secondary N) is 2. The second kappa shape index (κ2) is 11.6. The minimum Gasteiger partial charge on any atom is -0.457 e. The van der Waals surface area contributed by atoms with Crippen LogP contribution in [0.1, 0.15) is 37.0 Å². The molecule has 178 valence electrons. The fraction of sp³-hybridized carbons (Fsp3) is 0.318. The number of rotatable bonds is 11. The number of carbonyl (C=O) groups excluding carboxylic acids is 3. The third-order valence-electron chi connectivity index (χ3n) is 4.27. The van der Waals surface area contributed by atoms with Gasteiger partial charge in [-0.15, -0.1) is 0 Å². The van der Waals surface area contributed by atoms with Gasteiger partial charge in [-0.25, -0.2) is 21.9 Å². The van der Waals surface area contributed by atoms with Crippen molar-refractivity contribution in [1.82, 2.24) is 4.72 Å². The van der Waals surface area contributed by atoms with Gasteiger partial charge < -0.3 is 10.1 Å². The normalized spacial score (nSPS) is 11.3. The number of esters is 1. The summed E-state index contributed by atoms with van der Waals surface area (Å²) in [5.74, 6) is -3.74. The Morgan fingerprint density at radius 3 is 2.27 bits per heavy atom. The highest BCUT2D eigenvalue weighted by molar-refractivity contribution is 7.89. The van der Waals surface area contributed by atoms with Crippen LogP contribution in [0, 0.1) is 17.6 Å². The summed E-state index contributed by atoms with van der Waals surface area (Å²) in [5, 5.41) is 2.71. The summed E-state index contributed by atoms with van der Waals surface area (Å²) in [7, 11) is -4.15. The summed E-state index contributed by atoms with van der Waals surface area (Å²) in [5.41, 5.74) is 0.797. The molecule has 0 saturated heterocycles. The number of hydrogen-bond acceptors (Lipinski definition) is 6. The van der Waals surface area contributed by atoms with Crippen LogP contribution in [0.15, 0.2) is 47.4 Å². The van der Waals surface area contributed by atoms with E-state index in [2.05, 4.69) is 10.0 Å². The SMILES string of the molecule is CC(C)CC(=O)Nc1ccc(C(=O)COC(=O)CCNS(=O)(=O)c2ccc(F)c(F)c2)cc1. The van der Waals surface area contributed by atoms with E-state index in [9.17, 15) is 31.6 Å². The van der Waals surface area contributed by atoms with E-state index in [0.29, 0.717) is 24.2 Å². The molecule has 0 aliphatic heterocycles. The molecule has 11 heteroatoms. The van der Waals surface area contributed by atoms with Crippen LogP contribution in [-0.2, 0) is 24.3 Å². The highest BCUT2D eigenvalue weighted by Gasteiger charge is 2.17. The van der Waals surface area contributed by atoms with Crippen molar-refractivity contribution in [3.8, 4) is 0 Å². The maximum absolute atomic E-state index is 13.2. The van der Waals surface area contributed by atoms with Gasteiger partial charge in [0.2, 0.25) is 15.9 Å². The smallest absolute Gasteiger partial charge is 0.307 e. The van der Waals surface area contributed by atoms with E-state index >= 15 is 0 Å². The summed E-state index contributed by atoms with van der Waals surface area (Å²) >= 11 is 0. The first-order valence-corrected chi connectivity index (χ1v) is 11.5. The number of Topliss-reactive ketones (excluding diaryl/α,β-unsaturated/α-hetero) is 1. The molecular formula is C22H24F2N2O6S. The quantitative estimate of drug-likeness (QED) is 0.375. The van der Waals surface area contributed by atoms with E-state index in [4.69, 9.17) is 4.74 Å². The molecule has 0 aromatic heterocycles. The number of carbonyl (C=O) groups is 3. The van der Waals surface area contributed by atoms with Crippen molar-refractivity contribution in [2.75, 3.05) is 18.5 Å². The molecule has 1 amide bonds. The van der Waals surface area contributed by atoms with Crippen molar-refractivity contribution in [3.05, 3.63) is 59.7 Å². The monoisotopic (exact) mass is 482 g/mol. The molecule has 0 saturated carbocycles. The molecular weight excluding hydrogens is 458 g/mol. The van der Waals surface area contributed by atoms with E-state index in [-0.39, 0.29) is 30.4 Å². The summed E-state index contributed by atoms with van der Waals surface area (Å²) in [6.07, 6.45) is -0.00934. The number of ketones is 1. The first-order valence-electron chi connectivity index (χ1n) is 10.0. The molecule has 0 spiro atoms. The lowest BCUT2D eigenvalue weighted by molar-refractivity contribution is -0.142. The summed E-state index contributed by atoms with van der Waals surface area (Å²) in [6, 6.07) is 8.17. The van der Waals surface area contributed by atoms with E-state index in [1.165, 1.54) is 12.1 Å². The zero-order chi connectivity index (χ0) is 24.6. The Kier molecular flexibility index (Phi) is 9.18. The van der Waals surface area contributed by atoms with Gasteiger partial charge in [-0.1, -0.05) is 13.8 Å². The maximum atomic E-state index is 13.2. The van der Waals surface area contributed by atoms with Crippen LogP contribution in [0.25, 0.3) is 0 Å². The molecule has 2 N–H and O–H groups in total. The third kappa shape index (κ3) is 8.35. The van der Waals surface area contributed by atoms with Gasteiger partial charge in [0.05, 0.1) is 11.3 Å². The van der Waals surface area contributed by atoms with Crippen LogP contribution < -0.4 is 10.0 Å². The molecule has 0 aliphatic rings. The van der Waals surface area contributed by atoms with Gasteiger partial charge >= 0.3 is 5.97 Å². The van der Waals surface area contributed by atoms with Gasteiger partial charge in [0.25, 0.3) is 0 Å². The molecule has 0 heterocycles. The molecule has 2 rings (SSSR count). The summed E-state index contributed by atoms with van der Waals surface area (Å²) in [6.45, 7) is 2.93. The summed E-state index contributed by atoms with van der Waals surface area (Å²) in [4.78, 5) is 35.2. The second-order valence-electron chi connectivity index (χ2n) is 7.53. The molecule has 0 aliphatic carbocycles. The predicted molar refractivity (Wildman–Crippen MR) is 116 cm³/mol. The van der Waals surface area contributed by atoms with Crippen LogP contribution in [0.2, 0.25) is 0 Å². The Hall–Kier alpha value is -3.18. The Morgan fingerprint density at radius 1 is 1.00 bits per heavy atom. The van der Waals surface area contributed by atoms with E-state index in [0.717, 1.165) is 6.07 Å². The first kappa shape index (κ1) is 26.1. The number of benzene rings is 2. The van der Waals surface area contributed by atoms with Gasteiger partial charge in [-0.05, 0) is 48.4 Å². The molecule has 0 bridgehead atoms. The zero-order valence-electron chi connectivity index (χ0n) is 18.1. The molecule has 8 nitrogen and oxygen atoms in total. The van der Waals surface area contributed by atoms with E-state index in [1.54, 1.807) is 12.1 Å². The molecule has 0 unspecified atom stereocenters. The Labute approximate surface area is 190 Å². The fourth-order valence-corrected chi connectivity index (χ4v) is 3.68. The highest BCUT2D eigenvalue weighted by Crippen LogP contribution is 2.14. The Bertz CT molecular complexity index is 1120. The van der Waals surface area contributed by atoms with Crippen molar-refractivity contribution in [2.24, 2.45) is 5.92 Å². The fourth-order valence-electron chi connectivity index (χ4n) is 2.64. The number of ether oxygens (including phenoxy) is 1. The van der Waals surface area contributed by atoms with Crippen molar-refractivity contribution < 1.29 is 36.3 Å². The average molecular weight is 483 g/mol. The van der Waals surface area contributed by atoms with Crippen LogP contribution in [0.5, 0.6) is 0 Å². The summed E-state index contributed by atoms with van der Waals surface area (Å²) < 4.78 is 57.1. The Morgan fingerprint density at radius 2 is 1.67 bits per heavy atom. The largest absolute Gasteiger partial charge is 0.457 e. The van der Waals surface area contributed by atoms with Crippen molar-refractivity contribution in [1.29, 1.82) is 0 Å². The van der Waals surface area contributed by atoms with Gasteiger partial charge in [0.15, 0.2) is 24.0 Å². The predicted octanol–water partition coefficient (Wildman–Crippen LogP) is 3.04. The number of halogens is 2. The van der Waals surface area contributed by atoms with E-state index in [1.807, 2.05) is 13.8 Å². The van der Waals surface area contributed by atoms with Gasteiger partial charge in [0.1, 0.15) is 0 Å². The molecule has 33 heavy (non-hydrogen) atoms. The minimum atomic E-state index is -4.15. The van der Waals surface area contributed by atoms with Crippen LogP contribution in [-0.4, -0.2) is 39.2 Å². The average Bonchev–Trinajstić information content (AvgIpc) is 2.73. The van der Waals surface area contributed by atoms with E-state index < -0.39 is 44.9 Å². The number of sulfonamides is 1. The zero-order valence-corrected chi connectivity index (χ0v) is 18.9. The lowest BCUT2D eigenvalue weighted by Gasteiger charge is -2.09. The first-order chi connectivity index (χ1) is 15.5. The number of hydrogen-bond donors (Lipinski definition) is 2. The van der Waals surface area contributed by atoms with Crippen LogP contribution in [0.4, 0.5) is 14.5 Å². The lowest BCUT2D eigenvalue weighted by Crippen LogP contribution is -2.27. The van der Waals surface area contributed by atoms with Crippen LogP contribution >= 0.6 is 0 Å². The van der Waals surface area contributed by atoms with Crippen LogP contribution in [0.3, 0.4) is 0 Å². The third-order valence-corrected chi connectivity index (χ3v) is 5.73. The number of amides is 1. The van der Waals surface area contributed by atoms with Crippen molar-refractivity contribution in [2.45, 2.75) is 31.6 Å². The molecule has 0 atom stereocenters.